The number of hydrogen-bond donors (Lipinski definition) is 1. The Morgan fingerprint density at radius 3 is 2.70 bits per heavy atom. The van der Waals surface area contributed by atoms with Crippen molar-refractivity contribution >= 4 is 39.4 Å². The number of aliphatic carboxylic acids is 1. The number of carboxylic acids is 1. The maximum Gasteiger partial charge on any atom is 0.308 e. The monoisotopic (exact) mass is 359 g/mol. The van der Waals surface area contributed by atoms with Gasteiger partial charge in [-0.2, -0.15) is 0 Å². The number of likely N-dealkylation sites (tertiary alicyclic amines) is 1. The standard InChI is InChI=1S/C14H15BrClNO3/c1-8-4-9(14(19)20)7-17(6-8)13(18)11-3-2-10(16)5-12(11)15/h2-3,5,8-9H,4,6-7H2,1H3,(H,19,20). The van der Waals surface area contributed by atoms with Gasteiger partial charge in [0, 0.05) is 22.6 Å². The quantitative estimate of drug-likeness (QED) is 0.880. The van der Waals surface area contributed by atoms with Gasteiger partial charge in [-0.25, -0.2) is 0 Å². The first-order valence-electron chi connectivity index (χ1n) is 6.35. The third kappa shape index (κ3) is 3.33. The van der Waals surface area contributed by atoms with Crippen LogP contribution in [0.2, 0.25) is 5.02 Å². The highest BCUT2D eigenvalue weighted by atomic mass is 79.9. The van der Waals surface area contributed by atoms with Gasteiger partial charge >= 0.3 is 5.97 Å². The van der Waals surface area contributed by atoms with Crippen molar-refractivity contribution in [2.24, 2.45) is 11.8 Å². The lowest BCUT2D eigenvalue weighted by atomic mass is 9.90. The van der Waals surface area contributed by atoms with Crippen LogP contribution in [0.4, 0.5) is 0 Å². The molecule has 6 heteroatoms. The molecule has 1 amide bonds. The van der Waals surface area contributed by atoms with Crippen molar-refractivity contribution < 1.29 is 14.7 Å². The lowest BCUT2D eigenvalue weighted by Crippen LogP contribution is -2.45. The fraction of sp³-hybridized carbons (Fsp3) is 0.429. The van der Waals surface area contributed by atoms with Crippen LogP contribution in [0.1, 0.15) is 23.7 Å². The van der Waals surface area contributed by atoms with Gasteiger partial charge in [0.1, 0.15) is 0 Å². The summed E-state index contributed by atoms with van der Waals surface area (Å²) in [4.78, 5) is 25.3. The average Bonchev–Trinajstić information content (AvgIpc) is 2.37. The lowest BCUT2D eigenvalue weighted by molar-refractivity contribution is -0.143. The zero-order valence-corrected chi connectivity index (χ0v) is 13.3. The molecule has 0 radical (unpaired) electrons. The third-order valence-electron chi connectivity index (χ3n) is 3.46. The summed E-state index contributed by atoms with van der Waals surface area (Å²) in [5.74, 6) is -1.32. The van der Waals surface area contributed by atoms with Gasteiger partial charge in [-0.3, -0.25) is 9.59 Å². The number of hydrogen-bond acceptors (Lipinski definition) is 2. The van der Waals surface area contributed by atoms with Crippen molar-refractivity contribution in [2.45, 2.75) is 13.3 Å². The number of carbonyl (C=O) groups excluding carboxylic acids is 1. The van der Waals surface area contributed by atoms with E-state index < -0.39 is 11.9 Å². The Kier molecular flexibility index (Phi) is 4.70. The highest BCUT2D eigenvalue weighted by Gasteiger charge is 2.32. The summed E-state index contributed by atoms with van der Waals surface area (Å²) < 4.78 is 0.625. The molecule has 1 fully saturated rings. The van der Waals surface area contributed by atoms with Crippen LogP contribution >= 0.6 is 27.5 Å². The summed E-state index contributed by atoms with van der Waals surface area (Å²) in [7, 11) is 0. The molecule has 0 aromatic heterocycles. The van der Waals surface area contributed by atoms with Crippen molar-refractivity contribution in [3.8, 4) is 0 Å². The van der Waals surface area contributed by atoms with Crippen molar-refractivity contribution in [3.63, 3.8) is 0 Å². The minimum Gasteiger partial charge on any atom is -0.481 e. The smallest absolute Gasteiger partial charge is 0.308 e. The van der Waals surface area contributed by atoms with Crippen LogP contribution in [0.15, 0.2) is 22.7 Å². The van der Waals surface area contributed by atoms with Gasteiger partial charge in [-0.05, 0) is 46.5 Å². The van der Waals surface area contributed by atoms with E-state index in [0.29, 0.717) is 28.0 Å². The Bertz CT molecular complexity index is 549. The Morgan fingerprint density at radius 2 is 2.10 bits per heavy atom. The first-order valence-corrected chi connectivity index (χ1v) is 7.52. The van der Waals surface area contributed by atoms with Crippen LogP contribution in [-0.2, 0) is 4.79 Å². The molecule has 0 spiro atoms. The number of piperidine rings is 1. The molecule has 1 aliphatic heterocycles. The number of rotatable bonds is 2. The van der Waals surface area contributed by atoms with Gasteiger partial charge in [0.2, 0.25) is 0 Å². The van der Waals surface area contributed by atoms with E-state index in [1.165, 1.54) is 0 Å². The van der Waals surface area contributed by atoms with Gasteiger partial charge in [-0.15, -0.1) is 0 Å². The second-order valence-electron chi connectivity index (χ2n) is 5.21. The minimum absolute atomic E-state index is 0.161. The van der Waals surface area contributed by atoms with Gasteiger partial charge < -0.3 is 10.0 Å². The molecule has 1 N–H and O–H groups in total. The van der Waals surface area contributed by atoms with Crippen LogP contribution in [-0.4, -0.2) is 35.0 Å². The molecule has 0 saturated carbocycles. The molecule has 1 heterocycles. The Balaban J connectivity index is 2.21. The van der Waals surface area contributed by atoms with Crippen molar-refractivity contribution in [3.05, 3.63) is 33.3 Å². The Morgan fingerprint density at radius 1 is 1.40 bits per heavy atom. The molecule has 1 aromatic carbocycles. The number of benzene rings is 1. The number of amides is 1. The molecule has 1 aromatic rings. The first kappa shape index (κ1) is 15.3. The number of nitrogens with zero attached hydrogens (tertiary/aromatic N) is 1. The molecule has 1 saturated heterocycles. The van der Waals surface area contributed by atoms with Crippen molar-refractivity contribution in [1.29, 1.82) is 0 Å². The van der Waals surface area contributed by atoms with E-state index >= 15 is 0 Å². The minimum atomic E-state index is -0.843. The molecule has 20 heavy (non-hydrogen) atoms. The van der Waals surface area contributed by atoms with Crippen molar-refractivity contribution in [2.75, 3.05) is 13.1 Å². The molecule has 108 valence electrons. The van der Waals surface area contributed by atoms with E-state index in [1.807, 2.05) is 6.92 Å². The molecule has 0 bridgehead atoms. The third-order valence-corrected chi connectivity index (χ3v) is 4.35. The largest absolute Gasteiger partial charge is 0.481 e. The highest BCUT2D eigenvalue weighted by Crippen LogP contribution is 2.27. The zero-order valence-electron chi connectivity index (χ0n) is 11.0. The molecule has 2 rings (SSSR count). The number of halogens is 2. The van der Waals surface area contributed by atoms with Gasteiger partial charge in [-0.1, -0.05) is 18.5 Å². The van der Waals surface area contributed by atoms with E-state index in [2.05, 4.69) is 15.9 Å². The molecular weight excluding hydrogens is 346 g/mol. The molecule has 2 unspecified atom stereocenters. The van der Waals surface area contributed by atoms with E-state index in [0.717, 1.165) is 0 Å². The number of carboxylic acid groups (broad SMARTS) is 1. The summed E-state index contributed by atoms with van der Waals surface area (Å²) in [6, 6.07) is 4.97. The van der Waals surface area contributed by atoms with E-state index in [9.17, 15) is 9.59 Å². The van der Waals surface area contributed by atoms with Gasteiger partial charge in [0.25, 0.3) is 5.91 Å². The van der Waals surface area contributed by atoms with Crippen LogP contribution in [0.25, 0.3) is 0 Å². The van der Waals surface area contributed by atoms with Crippen molar-refractivity contribution in [1.82, 2.24) is 4.90 Å². The van der Waals surface area contributed by atoms with E-state index in [-0.39, 0.29) is 18.4 Å². The van der Waals surface area contributed by atoms with Crippen LogP contribution in [0, 0.1) is 11.8 Å². The van der Waals surface area contributed by atoms with E-state index in [4.69, 9.17) is 16.7 Å². The summed E-state index contributed by atoms with van der Waals surface area (Å²) in [6.45, 7) is 2.80. The topological polar surface area (TPSA) is 57.6 Å². The van der Waals surface area contributed by atoms with Gasteiger partial charge in [0.05, 0.1) is 11.5 Å². The van der Waals surface area contributed by atoms with Crippen LogP contribution in [0.5, 0.6) is 0 Å². The van der Waals surface area contributed by atoms with E-state index in [1.54, 1.807) is 23.1 Å². The Hall–Kier alpha value is -1.07. The first-order chi connectivity index (χ1) is 9.38. The molecule has 2 atom stereocenters. The SMILES string of the molecule is CC1CC(C(=O)O)CN(C(=O)c2ccc(Cl)cc2Br)C1. The maximum absolute atomic E-state index is 12.5. The van der Waals surface area contributed by atoms with Crippen LogP contribution < -0.4 is 0 Å². The van der Waals surface area contributed by atoms with Crippen LogP contribution in [0.3, 0.4) is 0 Å². The summed E-state index contributed by atoms with van der Waals surface area (Å²) in [5, 5.41) is 9.70. The summed E-state index contributed by atoms with van der Waals surface area (Å²) >= 11 is 9.19. The highest BCUT2D eigenvalue weighted by molar-refractivity contribution is 9.10. The fourth-order valence-corrected chi connectivity index (χ4v) is 3.38. The normalized spacial score (nSPS) is 22.6. The molecular formula is C14H15BrClNO3. The summed E-state index contributed by atoms with van der Waals surface area (Å²) in [5.41, 5.74) is 0.507. The zero-order chi connectivity index (χ0) is 14.9. The average molecular weight is 361 g/mol. The second-order valence-corrected chi connectivity index (χ2v) is 6.50. The van der Waals surface area contributed by atoms with Gasteiger partial charge in [0.15, 0.2) is 0 Å². The fourth-order valence-electron chi connectivity index (χ4n) is 2.53. The lowest BCUT2D eigenvalue weighted by Gasteiger charge is -2.34. The molecule has 1 aliphatic rings. The summed E-state index contributed by atoms with van der Waals surface area (Å²) in [6.07, 6.45) is 0.612. The number of carbonyl (C=O) groups is 2. The Labute approximate surface area is 130 Å². The molecule has 4 nitrogen and oxygen atoms in total. The predicted molar refractivity (Wildman–Crippen MR) is 80.0 cm³/mol. The predicted octanol–water partition coefficient (Wildman–Crippen LogP) is 3.29. The molecule has 0 aliphatic carbocycles. The second kappa shape index (κ2) is 6.14. The maximum atomic E-state index is 12.5.